The average Bonchev–Trinajstić information content (AvgIpc) is 2.73. The standard InChI is InChI=1S/C18H27N3/c1-7-21-16(6)18(15(5)20-21)14(4)19-13(3)17-10-8-12(2)9-11-17/h8-11,13-14,19H,7H2,1-6H3/t13-,14?/m0/s1. The van der Waals surface area contributed by atoms with Gasteiger partial charge in [-0.05, 0) is 47.1 Å². The van der Waals surface area contributed by atoms with E-state index in [9.17, 15) is 0 Å². The van der Waals surface area contributed by atoms with Gasteiger partial charge in [-0.25, -0.2) is 0 Å². The molecule has 1 aromatic heterocycles. The zero-order chi connectivity index (χ0) is 15.6. The Morgan fingerprint density at radius 3 is 2.19 bits per heavy atom. The van der Waals surface area contributed by atoms with E-state index in [0.717, 1.165) is 12.2 Å². The van der Waals surface area contributed by atoms with Crippen molar-refractivity contribution >= 4 is 0 Å². The van der Waals surface area contributed by atoms with Crippen LogP contribution < -0.4 is 5.32 Å². The van der Waals surface area contributed by atoms with Gasteiger partial charge in [0.2, 0.25) is 0 Å². The lowest BCUT2D eigenvalue weighted by Crippen LogP contribution is -2.23. The third-order valence-electron chi connectivity index (χ3n) is 4.25. The number of rotatable bonds is 5. The van der Waals surface area contributed by atoms with Gasteiger partial charge in [-0.1, -0.05) is 29.8 Å². The zero-order valence-corrected chi connectivity index (χ0v) is 14.1. The molecule has 1 heterocycles. The van der Waals surface area contributed by atoms with Crippen molar-refractivity contribution in [2.24, 2.45) is 0 Å². The van der Waals surface area contributed by atoms with E-state index in [4.69, 9.17) is 0 Å². The largest absolute Gasteiger partial charge is 0.304 e. The van der Waals surface area contributed by atoms with Crippen LogP contribution in [0.3, 0.4) is 0 Å². The van der Waals surface area contributed by atoms with E-state index in [2.05, 4.69) is 80.9 Å². The van der Waals surface area contributed by atoms with Gasteiger partial charge in [0.1, 0.15) is 0 Å². The molecular weight excluding hydrogens is 258 g/mol. The molecule has 3 heteroatoms. The van der Waals surface area contributed by atoms with E-state index in [-0.39, 0.29) is 0 Å². The van der Waals surface area contributed by atoms with Crippen LogP contribution in [0.2, 0.25) is 0 Å². The molecule has 2 aromatic rings. The molecule has 3 nitrogen and oxygen atoms in total. The fraction of sp³-hybridized carbons (Fsp3) is 0.500. The van der Waals surface area contributed by atoms with E-state index < -0.39 is 0 Å². The lowest BCUT2D eigenvalue weighted by atomic mass is 10.0. The topological polar surface area (TPSA) is 29.9 Å². The minimum Gasteiger partial charge on any atom is -0.304 e. The molecule has 0 aliphatic rings. The Morgan fingerprint density at radius 2 is 1.67 bits per heavy atom. The van der Waals surface area contributed by atoms with Crippen molar-refractivity contribution in [3.8, 4) is 0 Å². The number of benzene rings is 1. The predicted octanol–water partition coefficient (Wildman–Crippen LogP) is 4.24. The van der Waals surface area contributed by atoms with Crippen LogP contribution >= 0.6 is 0 Å². The Kier molecular flexibility index (Phi) is 4.84. The van der Waals surface area contributed by atoms with Crippen molar-refractivity contribution in [3.05, 3.63) is 52.3 Å². The smallest absolute Gasteiger partial charge is 0.0644 e. The SMILES string of the molecule is CCn1nc(C)c(C(C)N[C@@H](C)c2ccc(C)cc2)c1C. The number of aromatic nitrogens is 2. The number of hydrogen-bond donors (Lipinski definition) is 1. The Hall–Kier alpha value is -1.61. The van der Waals surface area contributed by atoms with Crippen molar-refractivity contribution in [1.82, 2.24) is 15.1 Å². The molecule has 0 bridgehead atoms. The highest BCUT2D eigenvalue weighted by molar-refractivity contribution is 5.29. The van der Waals surface area contributed by atoms with Gasteiger partial charge >= 0.3 is 0 Å². The lowest BCUT2D eigenvalue weighted by molar-refractivity contribution is 0.490. The first-order chi connectivity index (χ1) is 9.93. The molecule has 0 spiro atoms. The highest BCUT2D eigenvalue weighted by Crippen LogP contribution is 2.24. The first-order valence-corrected chi connectivity index (χ1v) is 7.80. The lowest BCUT2D eigenvalue weighted by Gasteiger charge is -2.21. The van der Waals surface area contributed by atoms with Crippen molar-refractivity contribution in [1.29, 1.82) is 0 Å². The van der Waals surface area contributed by atoms with Gasteiger partial charge in [-0.2, -0.15) is 5.10 Å². The summed E-state index contributed by atoms with van der Waals surface area (Å²) in [6.07, 6.45) is 0. The maximum absolute atomic E-state index is 4.62. The summed E-state index contributed by atoms with van der Waals surface area (Å²) >= 11 is 0. The summed E-state index contributed by atoms with van der Waals surface area (Å²) in [6.45, 7) is 13.9. The molecule has 1 N–H and O–H groups in total. The van der Waals surface area contributed by atoms with Gasteiger partial charge in [0.05, 0.1) is 5.69 Å². The molecule has 2 atom stereocenters. The van der Waals surface area contributed by atoms with E-state index in [1.54, 1.807) is 0 Å². The Bertz CT molecular complexity index is 596. The zero-order valence-electron chi connectivity index (χ0n) is 14.1. The van der Waals surface area contributed by atoms with Gasteiger partial charge in [0, 0.05) is 29.9 Å². The Labute approximate surface area is 128 Å². The van der Waals surface area contributed by atoms with Crippen LogP contribution in [0.1, 0.15) is 60.9 Å². The molecule has 2 rings (SSSR count). The molecule has 0 amide bonds. The molecule has 0 aliphatic heterocycles. The minimum absolute atomic E-state index is 0.293. The quantitative estimate of drug-likeness (QED) is 0.890. The number of aryl methyl sites for hydroxylation is 3. The molecule has 0 fully saturated rings. The summed E-state index contributed by atoms with van der Waals surface area (Å²) < 4.78 is 2.08. The third kappa shape index (κ3) is 3.35. The molecule has 1 unspecified atom stereocenters. The molecule has 0 radical (unpaired) electrons. The van der Waals surface area contributed by atoms with Gasteiger partial charge < -0.3 is 5.32 Å². The van der Waals surface area contributed by atoms with Crippen LogP contribution in [0.4, 0.5) is 0 Å². The first-order valence-electron chi connectivity index (χ1n) is 7.80. The Morgan fingerprint density at radius 1 is 1.05 bits per heavy atom. The summed E-state index contributed by atoms with van der Waals surface area (Å²) in [7, 11) is 0. The van der Waals surface area contributed by atoms with Crippen LogP contribution in [-0.2, 0) is 6.54 Å². The van der Waals surface area contributed by atoms with Crippen LogP contribution in [-0.4, -0.2) is 9.78 Å². The van der Waals surface area contributed by atoms with Gasteiger partial charge in [-0.15, -0.1) is 0 Å². The molecule has 21 heavy (non-hydrogen) atoms. The second-order valence-corrected chi connectivity index (χ2v) is 5.92. The fourth-order valence-corrected chi connectivity index (χ4v) is 3.06. The van der Waals surface area contributed by atoms with Crippen molar-refractivity contribution < 1.29 is 0 Å². The molecule has 0 saturated heterocycles. The summed E-state index contributed by atoms with van der Waals surface area (Å²) in [5.74, 6) is 0. The van der Waals surface area contributed by atoms with Crippen LogP contribution in [0, 0.1) is 20.8 Å². The molecule has 0 aliphatic carbocycles. The van der Waals surface area contributed by atoms with Crippen LogP contribution in [0.25, 0.3) is 0 Å². The van der Waals surface area contributed by atoms with Crippen LogP contribution in [0.15, 0.2) is 24.3 Å². The van der Waals surface area contributed by atoms with Gasteiger partial charge in [-0.3, -0.25) is 4.68 Å². The van der Waals surface area contributed by atoms with Crippen molar-refractivity contribution in [2.75, 3.05) is 0 Å². The van der Waals surface area contributed by atoms with Crippen molar-refractivity contribution in [3.63, 3.8) is 0 Å². The maximum Gasteiger partial charge on any atom is 0.0644 e. The minimum atomic E-state index is 0.293. The molecule has 1 aromatic carbocycles. The fourth-order valence-electron chi connectivity index (χ4n) is 3.06. The normalized spacial score (nSPS) is 14.2. The molecule has 0 saturated carbocycles. The second kappa shape index (κ2) is 6.44. The number of nitrogens with one attached hydrogen (secondary N) is 1. The maximum atomic E-state index is 4.62. The number of hydrogen-bond acceptors (Lipinski definition) is 2. The number of nitrogens with zero attached hydrogens (tertiary/aromatic N) is 2. The summed E-state index contributed by atoms with van der Waals surface area (Å²) in [4.78, 5) is 0. The molecule has 114 valence electrons. The molecular formula is C18H27N3. The summed E-state index contributed by atoms with van der Waals surface area (Å²) in [5.41, 5.74) is 6.35. The monoisotopic (exact) mass is 285 g/mol. The second-order valence-electron chi connectivity index (χ2n) is 5.92. The Balaban J connectivity index is 2.16. The summed E-state index contributed by atoms with van der Waals surface area (Å²) in [5, 5.41) is 8.32. The first kappa shape index (κ1) is 15.8. The van der Waals surface area contributed by atoms with E-state index >= 15 is 0 Å². The highest BCUT2D eigenvalue weighted by Gasteiger charge is 2.18. The van der Waals surface area contributed by atoms with E-state index in [1.165, 1.54) is 22.4 Å². The average molecular weight is 285 g/mol. The van der Waals surface area contributed by atoms with E-state index in [0.29, 0.717) is 12.1 Å². The van der Waals surface area contributed by atoms with Gasteiger partial charge in [0.25, 0.3) is 0 Å². The highest BCUT2D eigenvalue weighted by atomic mass is 15.3. The predicted molar refractivity (Wildman–Crippen MR) is 88.5 cm³/mol. The van der Waals surface area contributed by atoms with Crippen molar-refractivity contribution in [2.45, 2.75) is 60.2 Å². The van der Waals surface area contributed by atoms with Gasteiger partial charge in [0.15, 0.2) is 0 Å². The third-order valence-corrected chi connectivity index (χ3v) is 4.25. The van der Waals surface area contributed by atoms with Crippen LogP contribution in [0.5, 0.6) is 0 Å². The van der Waals surface area contributed by atoms with E-state index in [1.807, 2.05) is 0 Å². The summed E-state index contributed by atoms with van der Waals surface area (Å²) in [6, 6.07) is 9.36.